The van der Waals surface area contributed by atoms with Crippen LogP contribution in [0, 0.1) is 5.82 Å². The number of benzene rings is 1. The lowest BCUT2D eigenvalue weighted by Crippen LogP contribution is -2.56. The minimum absolute atomic E-state index is 0.0216. The quantitative estimate of drug-likeness (QED) is 0.709. The highest BCUT2D eigenvalue weighted by Gasteiger charge is 2.32. The third-order valence-electron chi connectivity index (χ3n) is 3.42. The highest BCUT2D eigenvalue weighted by atomic mass is 19.1. The van der Waals surface area contributed by atoms with Crippen LogP contribution in [-0.2, 0) is 11.2 Å². The van der Waals surface area contributed by atoms with Gasteiger partial charge in [-0.25, -0.2) is 4.39 Å². The Bertz CT molecular complexity index is 447. The number of carbonyl (C=O) groups excluding carboxylic acids is 1. The Hall–Kier alpha value is -1.58. The number of carbonyl (C=O) groups is 1. The molecular formula is C12H13FN2O. The average Bonchev–Trinajstić information content (AvgIpc) is 2.29. The molecule has 2 aliphatic rings. The van der Waals surface area contributed by atoms with Crippen LogP contribution < -0.4 is 10.2 Å². The van der Waals surface area contributed by atoms with Gasteiger partial charge in [-0.15, -0.1) is 0 Å². The fourth-order valence-corrected chi connectivity index (χ4v) is 2.60. The Morgan fingerprint density at radius 1 is 1.44 bits per heavy atom. The zero-order chi connectivity index (χ0) is 11.1. The summed E-state index contributed by atoms with van der Waals surface area (Å²) in [6.07, 6.45) is 1.67. The standard InChI is InChI=1S/C12H13FN2O/c13-10-2-1-3-11-9(10)5-4-8-6-14-12(16)7-15(8)11/h1-3,8H,4-7H2,(H,14,16). The number of amides is 1. The highest BCUT2D eigenvalue weighted by molar-refractivity contribution is 5.83. The maximum absolute atomic E-state index is 13.6. The number of halogens is 1. The topological polar surface area (TPSA) is 32.3 Å². The van der Waals surface area contributed by atoms with Crippen LogP contribution in [0.4, 0.5) is 10.1 Å². The average molecular weight is 220 g/mol. The molecule has 1 amide bonds. The number of anilines is 1. The number of fused-ring (bicyclic) bond motifs is 3. The number of nitrogens with one attached hydrogen (secondary N) is 1. The SMILES string of the molecule is O=C1CN2c3cccc(F)c3CCC2CN1. The molecule has 1 fully saturated rings. The third-order valence-corrected chi connectivity index (χ3v) is 3.42. The van der Waals surface area contributed by atoms with E-state index in [9.17, 15) is 9.18 Å². The lowest BCUT2D eigenvalue weighted by molar-refractivity contribution is -0.120. The summed E-state index contributed by atoms with van der Waals surface area (Å²) >= 11 is 0. The first-order chi connectivity index (χ1) is 7.75. The molecule has 1 aromatic rings. The summed E-state index contributed by atoms with van der Waals surface area (Å²) in [6.45, 7) is 1.02. The van der Waals surface area contributed by atoms with Gasteiger partial charge < -0.3 is 10.2 Å². The predicted molar refractivity (Wildman–Crippen MR) is 58.9 cm³/mol. The molecule has 3 nitrogen and oxygen atoms in total. The smallest absolute Gasteiger partial charge is 0.239 e. The van der Waals surface area contributed by atoms with Crippen molar-refractivity contribution in [2.24, 2.45) is 0 Å². The summed E-state index contributed by atoms with van der Waals surface area (Å²) in [4.78, 5) is 13.4. The summed E-state index contributed by atoms with van der Waals surface area (Å²) in [5, 5.41) is 2.85. The molecule has 2 heterocycles. The lowest BCUT2D eigenvalue weighted by atomic mass is 9.94. The van der Waals surface area contributed by atoms with Gasteiger partial charge in [0.1, 0.15) is 5.82 Å². The maximum atomic E-state index is 13.6. The molecule has 0 bridgehead atoms. The minimum Gasteiger partial charge on any atom is -0.357 e. The normalized spacial score (nSPS) is 23.4. The first-order valence-electron chi connectivity index (χ1n) is 5.56. The fraction of sp³-hybridized carbons (Fsp3) is 0.417. The number of nitrogens with zero attached hydrogens (tertiary/aromatic N) is 1. The Morgan fingerprint density at radius 2 is 2.31 bits per heavy atom. The van der Waals surface area contributed by atoms with E-state index in [2.05, 4.69) is 5.32 Å². The summed E-state index contributed by atoms with van der Waals surface area (Å²) < 4.78 is 13.6. The van der Waals surface area contributed by atoms with Crippen molar-refractivity contribution in [3.8, 4) is 0 Å². The number of hydrogen-bond donors (Lipinski definition) is 1. The molecule has 1 saturated heterocycles. The van der Waals surface area contributed by atoms with E-state index in [0.717, 1.165) is 24.1 Å². The van der Waals surface area contributed by atoms with E-state index in [0.29, 0.717) is 19.1 Å². The van der Waals surface area contributed by atoms with Crippen LogP contribution in [0.2, 0.25) is 0 Å². The van der Waals surface area contributed by atoms with Crippen molar-refractivity contribution >= 4 is 11.6 Å². The Labute approximate surface area is 93.2 Å². The van der Waals surface area contributed by atoms with E-state index < -0.39 is 0 Å². The van der Waals surface area contributed by atoms with Crippen LogP contribution in [0.5, 0.6) is 0 Å². The summed E-state index contributed by atoms with van der Waals surface area (Å²) in [5.41, 5.74) is 1.65. The van der Waals surface area contributed by atoms with Gasteiger partial charge >= 0.3 is 0 Å². The van der Waals surface area contributed by atoms with Gasteiger partial charge in [-0.2, -0.15) is 0 Å². The number of piperazine rings is 1. The van der Waals surface area contributed by atoms with Crippen LogP contribution >= 0.6 is 0 Å². The van der Waals surface area contributed by atoms with Gasteiger partial charge in [0, 0.05) is 23.8 Å². The lowest BCUT2D eigenvalue weighted by Gasteiger charge is -2.41. The summed E-state index contributed by atoms with van der Waals surface area (Å²) in [5.74, 6) is -0.129. The zero-order valence-corrected chi connectivity index (χ0v) is 8.87. The van der Waals surface area contributed by atoms with E-state index in [4.69, 9.17) is 0 Å². The fourth-order valence-electron chi connectivity index (χ4n) is 2.60. The molecule has 0 radical (unpaired) electrons. The van der Waals surface area contributed by atoms with Crippen molar-refractivity contribution in [1.82, 2.24) is 5.32 Å². The molecule has 0 aliphatic carbocycles. The van der Waals surface area contributed by atoms with Gasteiger partial charge in [0.05, 0.1) is 6.54 Å². The van der Waals surface area contributed by atoms with E-state index >= 15 is 0 Å². The first kappa shape index (κ1) is 9.63. The van der Waals surface area contributed by atoms with Crippen LogP contribution in [0.15, 0.2) is 18.2 Å². The second-order valence-electron chi connectivity index (χ2n) is 4.36. The molecule has 3 rings (SSSR count). The summed E-state index contributed by atoms with van der Waals surface area (Å²) in [6, 6.07) is 5.43. The second-order valence-corrected chi connectivity index (χ2v) is 4.36. The Kier molecular flexibility index (Phi) is 2.09. The molecule has 0 aromatic heterocycles. The summed E-state index contributed by atoms with van der Waals surface area (Å²) in [7, 11) is 0. The third kappa shape index (κ3) is 1.37. The van der Waals surface area contributed by atoms with Gasteiger partial charge in [0.15, 0.2) is 0 Å². The van der Waals surface area contributed by atoms with Gasteiger partial charge in [-0.05, 0) is 25.0 Å². The van der Waals surface area contributed by atoms with Gasteiger partial charge in [-0.1, -0.05) is 6.07 Å². The molecular weight excluding hydrogens is 207 g/mol. The predicted octanol–water partition coefficient (Wildman–Crippen LogP) is 1.08. The largest absolute Gasteiger partial charge is 0.357 e. The van der Waals surface area contributed by atoms with Crippen LogP contribution in [0.25, 0.3) is 0 Å². The highest BCUT2D eigenvalue weighted by Crippen LogP contribution is 2.32. The van der Waals surface area contributed by atoms with Crippen LogP contribution in [-0.4, -0.2) is 25.0 Å². The molecule has 2 aliphatic heterocycles. The molecule has 1 atom stereocenters. The Morgan fingerprint density at radius 3 is 3.19 bits per heavy atom. The molecule has 1 N–H and O–H groups in total. The first-order valence-corrected chi connectivity index (χ1v) is 5.56. The van der Waals surface area contributed by atoms with Crippen molar-refractivity contribution in [3.63, 3.8) is 0 Å². The number of rotatable bonds is 0. The molecule has 4 heteroatoms. The van der Waals surface area contributed by atoms with E-state index in [-0.39, 0.29) is 11.7 Å². The van der Waals surface area contributed by atoms with Crippen molar-refractivity contribution in [1.29, 1.82) is 0 Å². The minimum atomic E-state index is -0.151. The molecule has 1 unspecified atom stereocenters. The van der Waals surface area contributed by atoms with Crippen LogP contribution in [0.1, 0.15) is 12.0 Å². The van der Waals surface area contributed by atoms with Crippen molar-refractivity contribution in [3.05, 3.63) is 29.6 Å². The molecule has 16 heavy (non-hydrogen) atoms. The van der Waals surface area contributed by atoms with E-state index in [1.807, 2.05) is 11.0 Å². The molecule has 1 aromatic carbocycles. The van der Waals surface area contributed by atoms with E-state index in [1.54, 1.807) is 6.07 Å². The van der Waals surface area contributed by atoms with Crippen molar-refractivity contribution in [2.75, 3.05) is 18.0 Å². The molecule has 84 valence electrons. The molecule has 0 saturated carbocycles. The van der Waals surface area contributed by atoms with Crippen molar-refractivity contribution < 1.29 is 9.18 Å². The van der Waals surface area contributed by atoms with Gasteiger partial charge in [0.2, 0.25) is 5.91 Å². The van der Waals surface area contributed by atoms with Gasteiger partial charge in [-0.3, -0.25) is 4.79 Å². The molecule has 0 spiro atoms. The van der Waals surface area contributed by atoms with Crippen molar-refractivity contribution in [2.45, 2.75) is 18.9 Å². The van der Waals surface area contributed by atoms with Crippen LogP contribution in [0.3, 0.4) is 0 Å². The number of hydrogen-bond acceptors (Lipinski definition) is 2. The second kappa shape index (κ2) is 3.47. The van der Waals surface area contributed by atoms with E-state index in [1.165, 1.54) is 6.07 Å². The maximum Gasteiger partial charge on any atom is 0.239 e. The Balaban J connectivity index is 2.03. The monoisotopic (exact) mass is 220 g/mol. The van der Waals surface area contributed by atoms with Gasteiger partial charge in [0.25, 0.3) is 0 Å². The zero-order valence-electron chi connectivity index (χ0n) is 8.87.